The zero-order chi connectivity index (χ0) is 10.8. The number of allylic oxidation sites excluding steroid dienone is 1. The number of hydrogen-bond donors (Lipinski definition) is 0. The van der Waals surface area contributed by atoms with Crippen LogP contribution in [0.25, 0.3) is 0 Å². The fourth-order valence-electron chi connectivity index (χ4n) is 1.10. The van der Waals surface area contributed by atoms with Gasteiger partial charge in [-0.2, -0.15) is 5.26 Å². The highest BCUT2D eigenvalue weighted by molar-refractivity contribution is 5.72. The van der Waals surface area contributed by atoms with E-state index in [4.69, 9.17) is 10.00 Å². The number of likely N-dealkylation sites (tertiary alicyclic amines) is 1. The van der Waals surface area contributed by atoms with Crippen molar-refractivity contribution in [3.8, 4) is 6.07 Å². The van der Waals surface area contributed by atoms with Crippen LogP contribution in [0.3, 0.4) is 0 Å². The Morgan fingerprint density at radius 2 is 2.29 bits per heavy atom. The minimum Gasteiger partial charge on any atom is -0.443 e. The van der Waals surface area contributed by atoms with E-state index in [1.165, 1.54) is 11.0 Å². The van der Waals surface area contributed by atoms with Gasteiger partial charge in [-0.05, 0) is 20.8 Å². The first-order valence-corrected chi connectivity index (χ1v) is 4.53. The van der Waals surface area contributed by atoms with E-state index in [1.54, 1.807) is 0 Å². The van der Waals surface area contributed by atoms with Crippen LogP contribution in [-0.4, -0.2) is 23.1 Å². The van der Waals surface area contributed by atoms with Gasteiger partial charge in [-0.25, -0.2) is 4.79 Å². The summed E-state index contributed by atoms with van der Waals surface area (Å²) in [7, 11) is 0. The van der Waals surface area contributed by atoms with Gasteiger partial charge in [-0.3, -0.25) is 4.90 Å². The van der Waals surface area contributed by atoms with E-state index in [0.29, 0.717) is 6.54 Å². The van der Waals surface area contributed by atoms with Crippen molar-refractivity contribution >= 4 is 6.09 Å². The quantitative estimate of drug-likeness (QED) is 0.554. The van der Waals surface area contributed by atoms with Crippen LogP contribution in [0.1, 0.15) is 27.2 Å². The van der Waals surface area contributed by atoms with Crippen LogP contribution >= 0.6 is 0 Å². The van der Waals surface area contributed by atoms with Gasteiger partial charge in [-0.1, -0.05) is 0 Å². The Bertz CT molecular complexity index is 307. The molecule has 4 nitrogen and oxygen atoms in total. The molecule has 1 aliphatic rings. The summed E-state index contributed by atoms with van der Waals surface area (Å²) in [5.74, 6) is 0. The third-order valence-corrected chi connectivity index (χ3v) is 1.78. The number of hydrogen-bond acceptors (Lipinski definition) is 3. The molecule has 0 aliphatic carbocycles. The standard InChI is InChI=1S/C10H14N2O2/c1-10(2,3)14-9(13)12-7-5-8(12)4-6-11/h4H,5,7H2,1-3H3. The van der Waals surface area contributed by atoms with Crippen LogP contribution in [0, 0.1) is 11.3 Å². The van der Waals surface area contributed by atoms with Crippen LogP contribution < -0.4 is 0 Å². The molecule has 76 valence electrons. The Morgan fingerprint density at radius 1 is 1.64 bits per heavy atom. The predicted octanol–water partition coefficient (Wildman–Crippen LogP) is 2.03. The maximum Gasteiger partial charge on any atom is 0.414 e. The first-order valence-electron chi connectivity index (χ1n) is 4.53. The molecule has 1 fully saturated rings. The molecule has 0 aromatic carbocycles. The summed E-state index contributed by atoms with van der Waals surface area (Å²) in [6.07, 6.45) is 1.78. The number of nitrogens with zero attached hydrogens (tertiary/aromatic N) is 2. The second kappa shape index (κ2) is 3.70. The average Bonchev–Trinajstić information content (AvgIpc) is 1.93. The summed E-state index contributed by atoms with van der Waals surface area (Å²) in [6.45, 7) is 6.09. The molecule has 14 heavy (non-hydrogen) atoms. The van der Waals surface area contributed by atoms with Crippen LogP contribution in [0.2, 0.25) is 0 Å². The maximum absolute atomic E-state index is 11.5. The minimum atomic E-state index is -0.482. The molecule has 0 N–H and O–H groups in total. The molecule has 1 saturated heterocycles. The molecular formula is C10H14N2O2. The lowest BCUT2D eigenvalue weighted by Crippen LogP contribution is -2.43. The fraction of sp³-hybridized carbons (Fsp3) is 0.600. The monoisotopic (exact) mass is 194 g/mol. The van der Waals surface area contributed by atoms with Crippen LogP contribution in [0.4, 0.5) is 4.79 Å². The SMILES string of the molecule is CC(C)(C)OC(=O)N1CCC1=CC#N. The zero-order valence-corrected chi connectivity index (χ0v) is 8.70. The molecule has 1 aliphatic heterocycles. The summed E-state index contributed by atoms with van der Waals surface area (Å²) >= 11 is 0. The zero-order valence-electron chi connectivity index (χ0n) is 8.70. The Hall–Kier alpha value is -1.50. The molecule has 0 spiro atoms. The van der Waals surface area contributed by atoms with Crippen LogP contribution in [0.5, 0.6) is 0 Å². The van der Waals surface area contributed by atoms with Crippen molar-refractivity contribution in [2.45, 2.75) is 32.8 Å². The average molecular weight is 194 g/mol. The Balaban J connectivity index is 2.56. The molecule has 0 unspecified atom stereocenters. The van der Waals surface area contributed by atoms with Gasteiger partial charge >= 0.3 is 6.09 Å². The Kier molecular flexibility index (Phi) is 2.80. The number of nitriles is 1. The smallest absolute Gasteiger partial charge is 0.414 e. The summed E-state index contributed by atoms with van der Waals surface area (Å²) in [5, 5.41) is 8.43. The van der Waals surface area contributed by atoms with E-state index in [1.807, 2.05) is 26.8 Å². The fourth-order valence-corrected chi connectivity index (χ4v) is 1.10. The lowest BCUT2D eigenvalue weighted by Gasteiger charge is -2.35. The summed E-state index contributed by atoms with van der Waals surface area (Å²) < 4.78 is 5.15. The molecule has 1 rings (SSSR count). The molecule has 1 amide bonds. The van der Waals surface area contributed by atoms with Gasteiger partial charge < -0.3 is 4.74 Å². The van der Waals surface area contributed by atoms with Gasteiger partial charge in [0.2, 0.25) is 0 Å². The van der Waals surface area contributed by atoms with E-state index in [0.717, 1.165) is 12.1 Å². The largest absolute Gasteiger partial charge is 0.443 e. The van der Waals surface area contributed by atoms with Gasteiger partial charge in [0.1, 0.15) is 5.60 Å². The first kappa shape index (κ1) is 10.6. The second-order valence-electron chi connectivity index (χ2n) is 4.15. The van der Waals surface area contributed by atoms with E-state index in [-0.39, 0.29) is 6.09 Å². The first-order chi connectivity index (χ1) is 6.44. The molecule has 1 heterocycles. The van der Waals surface area contributed by atoms with Gasteiger partial charge in [-0.15, -0.1) is 0 Å². The summed E-state index contributed by atoms with van der Waals surface area (Å²) in [5.41, 5.74) is 0.256. The van der Waals surface area contributed by atoms with Crippen LogP contribution in [-0.2, 0) is 4.74 Å². The van der Waals surface area contributed by atoms with E-state index in [9.17, 15) is 4.79 Å². The highest BCUT2D eigenvalue weighted by Crippen LogP contribution is 2.23. The van der Waals surface area contributed by atoms with Crippen LogP contribution in [0.15, 0.2) is 11.8 Å². The highest BCUT2D eigenvalue weighted by atomic mass is 16.6. The number of amides is 1. The maximum atomic E-state index is 11.5. The molecule has 0 radical (unpaired) electrons. The molecule has 0 aromatic heterocycles. The van der Waals surface area contributed by atoms with E-state index < -0.39 is 5.60 Å². The lowest BCUT2D eigenvalue weighted by atomic mass is 10.1. The summed E-state index contributed by atoms with van der Waals surface area (Å²) in [4.78, 5) is 13.0. The lowest BCUT2D eigenvalue weighted by molar-refractivity contribution is 0.0236. The topological polar surface area (TPSA) is 53.3 Å². The summed E-state index contributed by atoms with van der Waals surface area (Å²) in [6, 6.07) is 1.91. The van der Waals surface area contributed by atoms with Crippen molar-refractivity contribution in [3.63, 3.8) is 0 Å². The molecule has 0 bridgehead atoms. The Morgan fingerprint density at radius 3 is 2.64 bits per heavy atom. The van der Waals surface area contributed by atoms with Crippen molar-refractivity contribution in [3.05, 3.63) is 11.8 Å². The van der Waals surface area contributed by atoms with Crippen molar-refractivity contribution < 1.29 is 9.53 Å². The highest BCUT2D eigenvalue weighted by Gasteiger charge is 2.30. The third kappa shape index (κ3) is 2.49. The minimum absolute atomic E-state index is 0.370. The second-order valence-corrected chi connectivity index (χ2v) is 4.15. The molecule has 4 heteroatoms. The van der Waals surface area contributed by atoms with Crippen molar-refractivity contribution in [1.29, 1.82) is 5.26 Å². The van der Waals surface area contributed by atoms with Gasteiger partial charge in [0.05, 0.1) is 6.07 Å². The third-order valence-electron chi connectivity index (χ3n) is 1.78. The van der Waals surface area contributed by atoms with E-state index >= 15 is 0 Å². The van der Waals surface area contributed by atoms with Crippen molar-refractivity contribution in [2.75, 3.05) is 6.54 Å². The molecular weight excluding hydrogens is 180 g/mol. The number of carbonyl (C=O) groups excluding carboxylic acids is 1. The van der Waals surface area contributed by atoms with Crippen molar-refractivity contribution in [1.82, 2.24) is 4.90 Å². The molecule has 0 atom stereocenters. The predicted molar refractivity (Wildman–Crippen MR) is 51.3 cm³/mol. The van der Waals surface area contributed by atoms with Crippen molar-refractivity contribution in [2.24, 2.45) is 0 Å². The normalized spacial score (nSPS) is 18.7. The molecule has 0 saturated carbocycles. The number of carbonyl (C=O) groups is 1. The molecule has 0 aromatic rings. The van der Waals surface area contributed by atoms with Gasteiger partial charge in [0, 0.05) is 24.7 Å². The van der Waals surface area contributed by atoms with E-state index in [2.05, 4.69) is 0 Å². The van der Waals surface area contributed by atoms with Gasteiger partial charge in [0.25, 0.3) is 0 Å². The number of ether oxygens (including phenoxy) is 1. The van der Waals surface area contributed by atoms with Gasteiger partial charge in [0.15, 0.2) is 0 Å². The number of rotatable bonds is 0. The Labute approximate surface area is 83.8 Å².